The summed E-state index contributed by atoms with van der Waals surface area (Å²) in [7, 11) is 1.66. The maximum Gasteiger partial charge on any atom is 0.129 e. The molecule has 3 rings (SSSR count). The summed E-state index contributed by atoms with van der Waals surface area (Å²) in [6.07, 6.45) is 3.53. The van der Waals surface area contributed by atoms with E-state index in [1.165, 1.54) is 0 Å². The first-order valence-corrected chi connectivity index (χ1v) is 5.06. The van der Waals surface area contributed by atoms with Gasteiger partial charge in [-0.3, -0.25) is 9.97 Å². The number of methoxy groups -OCH3 is 1. The van der Waals surface area contributed by atoms with Gasteiger partial charge in [0.25, 0.3) is 0 Å². The van der Waals surface area contributed by atoms with Gasteiger partial charge in [-0.05, 0) is 18.2 Å². The van der Waals surface area contributed by atoms with Crippen molar-refractivity contribution in [3.8, 4) is 5.75 Å². The molecule has 1 aromatic carbocycles. The first-order valence-electron chi connectivity index (χ1n) is 5.06. The van der Waals surface area contributed by atoms with Gasteiger partial charge in [-0.15, -0.1) is 0 Å². The van der Waals surface area contributed by atoms with Crippen molar-refractivity contribution in [1.82, 2.24) is 9.97 Å². The van der Waals surface area contributed by atoms with Crippen LogP contribution in [0.5, 0.6) is 5.75 Å². The number of nitrogens with zero attached hydrogens (tertiary/aromatic N) is 2. The largest absolute Gasteiger partial charge is 0.496 e. The number of rotatable bonds is 1. The van der Waals surface area contributed by atoms with Crippen LogP contribution in [0.3, 0.4) is 0 Å². The number of hydrogen-bond acceptors (Lipinski definition) is 3. The third-order valence-electron chi connectivity index (χ3n) is 2.66. The molecule has 0 atom stereocenters. The van der Waals surface area contributed by atoms with Crippen molar-refractivity contribution in [3.63, 3.8) is 0 Å². The van der Waals surface area contributed by atoms with Crippen molar-refractivity contribution in [1.29, 1.82) is 0 Å². The maximum atomic E-state index is 5.31. The molecule has 2 aromatic heterocycles. The zero-order valence-corrected chi connectivity index (χ0v) is 8.84. The molecule has 0 aliphatic heterocycles. The third-order valence-corrected chi connectivity index (χ3v) is 2.66. The van der Waals surface area contributed by atoms with E-state index in [-0.39, 0.29) is 0 Å². The topological polar surface area (TPSA) is 35.0 Å². The van der Waals surface area contributed by atoms with Crippen molar-refractivity contribution in [3.05, 3.63) is 42.7 Å². The lowest BCUT2D eigenvalue weighted by molar-refractivity contribution is 0.419. The Morgan fingerprint density at radius 2 is 1.81 bits per heavy atom. The second-order valence-corrected chi connectivity index (χ2v) is 3.55. The van der Waals surface area contributed by atoms with Crippen LogP contribution < -0.4 is 4.74 Å². The molecule has 3 nitrogen and oxygen atoms in total. The standard InChI is InChI=1S/C13H10N2O/c1-16-11-6-8-15-13-10(11)5-4-9-3-2-7-14-12(9)13/h2-8H,1H3. The van der Waals surface area contributed by atoms with E-state index < -0.39 is 0 Å². The van der Waals surface area contributed by atoms with E-state index in [1.807, 2.05) is 30.3 Å². The lowest BCUT2D eigenvalue weighted by atomic mass is 10.1. The summed E-state index contributed by atoms with van der Waals surface area (Å²) in [4.78, 5) is 8.74. The van der Waals surface area contributed by atoms with Gasteiger partial charge in [0, 0.05) is 23.2 Å². The van der Waals surface area contributed by atoms with Crippen molar-refractivity contribution >= 4 is 21.8 Å². The highest BCUT2D eigenvalue weighted by Crippen LogP contribution is 2.28. The highest BCUT2D eigenvalue weighted by molar-refractivity contribution is 6.04. The minimum Gasteiger partial charge on any atom is -0.496 e. The molecule has 0 aliphatic carbocycles. The van der Waals surface area contributed by atoms with Crippen molar-refractivity contribution in [2.45, 2.75) is 0 Å². The molecule has 0 aliphatic rings. The normalized spacial score (nSPS) is 10.8. The molecule has 0 unspecified atom stereocenters. The van der Waals surface area contributed by atoms with Crippen LogP contribution >= 0.6 is 0 Å². The summed E-state index contributed by atoms with van der Waals surface area (Å²) < 4.78 is 5.31. The lowest BCUT2D eigenvalue weighted by Gasteiger charge is -2.06. The van der Waals surface area contributed by atoms with E-state index in [2.05, 4.69) is 9.97 Å². The first kappa shape index (κ1) is 9.09. The number of aromatic nitrogens is 2. The Labute approximate surface area is 92.7 Å². The molecule has 3 heteroatoms. The van der Waals surface area contributed by atoms with Gasteiger partial charge >= 0.3 is 0 Å². The third kappa shape index (κ3) is 1.21. The molecule has 2 heterocycles. The lowest BCUT2D eigenvalue weighted by Crippen LogP contribution is -1.89. The second-order valence-electron chi connectivity index (χ2n) is 3.55. The summed E-state index contributed by atoms with van der Waals surface area (Å²) in [5.74, 6) is 0.831. The average Bonchev–Trinajstić information content (AvgIpc) is 2.37. The van der Waals surface area contributed by atoms with Gasteiger partial charge in [0.2, 0.25) is 0 Å². The fourth-order valence-electron chi connectivity index (χ4n) is 1.91. The zero-order chi connectivity index (χ0) is 11.0. The summed E-state index contributed by atoms with van der Waals surface area (Å²) in [6.45, 7) is 0. The van der Waals surface area contributed by atoms with Crippen molar-refractivity contribution < 1.29 is 4.74 Å². The Morgan fingerprint density at radius 3 is 2.69 bits per heavy atom. The van der Waals surface area contributed by atoms with Gasteiger partial charge in [-0.25, -0.2) is 0 Å². The van der Waals surface area contributed by atoms with Gasteiger partial charge < -0.3 is 4.74 Å². The molecule has 0 bridgehead atoms. The van der Waals surface area contributed by atoms with Crippen LogP contribution in [0.4, 0.5) is 0 Å². The van der Waals surface area contributed by atoms with Gasteiger partial charge in [-0.1, -0.05) is 12.1 Å². The number of benzene rings is 1. The Balaban J connectivity index is 2.52. The maximum absolute atomic E-state index is 5.31. The van der Waals surface area contributed by atoms with Gasteiger partial charge in [0.1, 0.15) is 11.3 Å². The summed E-state index contributed by atoms with van der Waals surface area (Å²) in [6, 6.07) is 9.87. The smallest absolute Gasteiger partial charge is 0.129 e. The number of fused-ring (bicyclic) bond motifs is 3. The molecule has 0 fully saturated rings. The molecule has 0 amide bonds. The monoisotopic (exact) mass is 210 g/mol. The summed E-state index contributed by atoms with van der Waals surface area (Å²) in [5, 5.41) is 2.09. The first-order chi connectivity index (χ1) is 7.90. The van der Waals surface area contributed by atoms with E-state index in [0.717, 1.165) is 27.6 Å². The van der Waals surface area contributed by atoms with Gasteiger partial charge in [-0.2, -0.15) is 0 Å². The molecule has 0 spiro atoms. The van der Waals surface area contributed by atoms with Crippen molar-refractivity contribution in [2.75, 3.05) is 7.11 Å². The highest BCUT2D eigenvalue weighted by Gasteiger charge is 2.06. The molecular formula is C13H10N2O. The van der Waals surface area contributed by atoms with Gasteiger partial charge in [0.05, 0.1) is 12.6 Å². The number of hydrogen-bond donors (Lipinski definition) is 0. The Bertz CT molecular complexity index is 664. The quantitative estimate of drug-likeness (QED) is 0.579. The average molecular weight is 210 g/mol. The van der Waals surface area contributed by atoms with Crippen LogP contribution in [0.1, 0.15) is 0 Å². The van der Waals surface area contributed by atoms with Crippen LogP contribution in [0.25, 0.3) is 21.8 Å². The molecule has 3 aromatic rings. The van der Waals surface area contributed by atoms with Gasteiger partial charge in [0.15, 0.2) is 0 Å². The fourth-order valence-corrected chi connectivity index (χ4v) is 1.91. The molecule has 16 heavy (non-hydrogen) atoms. The van der Waals surface area contributed by atoms with Crippen LogP contribution in [0, 0.1) is 0 Å². The van der Waals surface area contributed by atoms with Crippen molar-refractivity contribution in [2.24, 2.45) is 0 Å². The minimum atomic E-state index is 0.831. The molecule has 78 valence electrons. The Hall–Kier alpha value is -2.16. The Kier molecular flexibility index (Phi) is 1.96. The summed E-state index contributed by atoms with van der Waals surface area (Å²) >= 11 is 0. The van der Waals surface area contributed by atoms with E-state index in [0.29, 0.717) is 0 Å². The Morgan fingerprint density at radius 1 is 0.938 bits per heavy atom. The molecule has 0 radical (unpaired) electrons. The molecule has 0 saturated heterocycles. The number of ether oxygens (including phenoxy) is 1. The van der Waals surface area contributed by atoms with Crippen LogP contribution in [0.15, 0.2) is 42.7 Å². The SMILES string of the molecule is COc1ccnc2c1ccc1cccnc12. The predicted molar refractivity (Wildman–Crippen MR) is 63.6 cm³/mol. The van der Waals surface area contributed by atoms with E-state index >= 15 is 0 Å². The van der Waals surface area contributed by atoms with Crippen LogP contribution in [-0.4, -0.2) is 17.1 Å². The molecular weight excluding hydrogens is 200 g/mol. The second kappa shape index (κ2) is 3.45. The highest BCUT2D eigenvalue weighted by atomic mass is 16.5. The van der Waals surface area contributed by atoms with E-state index in [1.54, 1.807) is 19.5 Å². The predicted octanol–water partition coefficient (Wildman–Crippen LogP) is 2.79. The minimum absolute atomic E-state index is 0.831. The summed E-state index contributed by atoms with van der Waals surface area (Å²) in [5.41, 5.74) is 1.80. The number of pyridine rings is 2. The van der Waals surface area contributed by atoms with E-state index in [9.17, 15) is 0 Å². The molecule has 0 N–H and O–H groups in total. The van der Waals surface area contributed by atoms with E-state index in [4.69, 9.17) is 4.74 Å². The zero-order valence-electron chi connectivity index (χ0n) is 8.84. The van der Waals surface area contributed by atoms with Crippen LogP contribution in [-0.2, 0) is 0 Å². The molecule has 0 saturated carbocycles. The fraction of sp³-hybridized carbons (Fsp3) is 0.0769. The van der Waals surface area contributed by atoms with Crippen LogP contribution in [0.2, 0.25) is 0 Å².